The number of hydrogen-bond donors (Lipinski definition) is 1. The van der Waals surface area contributed by atoms with Gasteiger partial charge in [-0.1, -0.05) is 25.5 Å². The van der Waals surface area contributed by atoms with Gasteiger partial charge in [0.2, 0.25) is 0 Å². The molecule has 0 rings (SSSR count). The fourth-order valence-corrected chi connectivity index (χ4v) is 1.64. The summed E-state index contributed by atoms with van der Waals surface area (Å²) in [5.74, 6) is 0. The molecule has 0 saturated heterocycles. The van der Waals surface area contributed by atoms with Gasteiger partial charge in [0.25, 0.3) is 0 Å². The SMILES string of the molecule is C#C[SH](C)C(C)CCC. The van der Waals surface area contributed by atoms with Crippen LogP contribution in [-0.4, -0.2) is 11.5 Å². The monoisotopic (exact) mass is 144 g/mol. The second-order valence-electron chi connectivity index (χ2n) is 2.38. The average Bonchev–Trinajstić information content (AvgIpc) is 1.87. The molecule has 0 amide bonds. The van der Waals surface area contributed by atoms with E-state index in [1.165, 1.54) is 12.8 Å². The van der Waals surface area contributed by atoms with Gasteiger partial charge in [0, 0.05) is 0 Å². The molecule has 2 atom stereocenters. The van der Waals surface area contributed by atoms with Crippen molar-refractivity contribution >= 4 is 10.9 Å². The van der Waals surface area contributed by atoms with E-state index >= 15 is 0 Å². The third-order valence-corrected chi connectivity index (χ3v) is 3.56. The topological polar surface area (TPSA) is 0 Å². The van der Waals surface area contributed by atoms with E-state index in [2.05, 4.69) is 25.4 Å². The molecule has 0 aliphatic carbocycles. The zero-order valence-electron chi connectivity index (χ0n) is 6.52. The summed E-state index contributed by atoms with van der Waals surface area (Å²) in [7, 11) is -0.118. The first-order chi connectivity index (χ1) is 4.22. The smallest absolute Gasteiger partial charge is 0.00667 e. The lowest BCUT2D eigenvalue weighted by Gasteiger charge is -2.16. The van der Waals surface area contributed by atoms with Gasteiger partial charge in [-0.25, -0.2) is 0 Å². The molecule has 0 nitrogen and oxygen atoms in total. The number of hydrogen-bond acceptors (Lipinski definition) is 0. The van der Waals surface area contributed by atoms with Crippen LogP contribution in [0.3, 0.4) is 0 Å². The second-order valence-corrected chi connectivity index (χ2v) is 4.74. The zero-order valence-corrected chi connectivity index (χ0v) is 7.41. The molecule has 0 fully saturated rings. The predicted molar refractivity (Wildman–Crippen MR) is 48.1 cm³/mol. The fraction of sp³-hybridized carbons (Fsp3) is 0.750. The van der Waals surface area contributed by atoms with E-state index in [-0.39, 0.29) is 10.9 Å². The molecule has 1 heteroatoms. The quantitative estimate of drug-likeness (QED) is 0.456. The van der Waals surface area contributed by atoms with Crippen LogP contribution in [0.5, 0.6) is 0 Å². The Labute approximate surface area is 61.4 Å². The van der Waals surface area contributed by atoms with E-state index in [0.29, 0.717) is 0 Å². The van der Waals surface area contributed by atoms with Gasteiger partial charge in [0.05, 0.1) is 0 Å². The Kier molecular flexibility index (Phi) is 4.71. The van der Waals surface area contributed by atoms with Crippen LogP contribution in [0.15, 0.2) is 0 Å². The first-order valence-electron chi connectivity index (χ1n) is 3.41. The van der Waals surface area contributed by atoms with Crippen LogP contribution in [0, 0.1) is 11.7 Å². The van der Waals surface area contributed by atoms with Crippen molar-refractivity contribution in [3.63, 3.8) is 0 Å². The standard InChI is InChI=1S/C8H16S/c1-5-7-8(3)9(4)6-2/h2,8-9H,5,7H2,1,3-4H3. The highest BCUT2D eigenvalue weighted by molar-refractivity contribution is 8.21. The number of terminal acetylenes is 1. The molecule has 54 valence electrons. The Morgan fingerprint density at radius 1 is 1.67 bits per heavy atom. The second kappa shape index (κ2) is 4.76. The van der Waals surface area contributed by atoms with Crippen LogP contribution < -0.4 is 0 Å². The average molecular weight is 144 g/mol. The van der Waals surface area contributed by atoms with Gasteiger partial charge < -0.3 is 0 Å². The van der Waals surface area contributed by atoms with Gasteiger partial charge in [-0.05, 0) is 17.9 Å². The summed E-state index contributed by atoms with van der Waals surface area (Å²) < 4.78 is 0. The van der Waals surface area contributed by atoms with Gasteiger partial charge in [-0.15, -0.1) is 6.42 Å². The third kappa shape index (κ3) is 3.48. The van der Waals surface area contributed by atoms with Crippen LogP contribution in [-0.2, 0) is 0 Å². The zero-order chi connectivity index (χ0) is 7.28. The van der Waals surface area contributed by atoms with Crippen molar-refractivity contribution in [1.29, 1.82) is 0 Å². The molecule has 0 N–H and O–H groups in total. The van der Waals surface area contributed by atoms with E-state index in [4.69, 9.17) is 6.42 Å². The van der Waals surface area contributed by atoms with Crippen molar-refractivity contribution in [3.05, 3.63) is 0 Å². The lowest BCUT2D eigenvalue weighted by molar-refractivity contribution is 0.786. The molecular formula is C8H16S. The molecule has 0 aromatic rings. The van der Waals surface area contributed by atoms with Crippen molar-refractivity contribution < 1.29 is 0 Å². The maximum Gasteiger partial charge on any atom is -0.00667 e. The highest BCUT2D eigenvalue weighted by atomic mass is 32.2. The maximum atomic E-state index is 5.28. The summed E-state index contributed by atoms with van der Waals surface area (Å²) in [5, 5.41) is 3.57. The summed E-state index contributed by atoms with van der Waals surface area (Å²) in [6.07, 6.45) is 10.0. The molecule has 0 bridgehead atoms. The molecule has 0 aliphatic rings. The van der Waals surface area contributed by atoms with E-state index in [9.17, 15) is 0 Å². The minimum Gasteiger partial charge on any atom is -0.190 e. The third-order valence-electron chi connectivity index (χ3n) is 1.57. The highest BCUT2D eigenvalue weighted by Crippen LogP contribution is 2.27. The predicted octanol–water partition coefficient (Wildman–Crippen LogP) is 2.40. The minimum atomic E-state index is -0.118. The molecule has 0 aromatic carbocycles. The number of thiol groups is 1. The van der Waals surface area contributed by atoms with Gasteiger partial charge >= 0.3 is 0 Å². The van der Waals surface area contributed by atoms with Crippen molar-refractivity contribution in [2.24, 2.45) is 0 Å². The Balaban J connectivity index is 3.48. The maximum absolute atomic E-state index is 5.28. The molecule has 2 unspecified atom stereocenters. The Morgan fingerprint density at radius 2 is 2.22 bits per heavy atom. The molecule has 0 radical (unpaired) electrons. The highest BCUT2D eigenvalue weighted by Gasteiger charge is 2.02. The summed E-state index contributed by atoms with van der Waals surface area (Å²) >= 11 is 0. The van der Waals surface area contributed by atoms with Gasteiger partial charge in [-0.3, -0.25) is 0 Å². The van der Waals surface area contributed by atoms with Crippen molar-refractivity contribution in [3.8, 4) is 11.7 Å². The van der Waals surface area contributed by atoms with Crippen LogP contribution >= 0.6 is 10.9 Å². The Bertz CT molecular complexity index is 102. The molecule has 0 aromatic heterocycles. The van der Waals surface area contributed by atoms with Crippen molar-refractivity contribution in [2.75, 3.05) is 6.26 Å². The minimum absolute atomic E-state index is 0.118. The lowest BCUT2D eigenvalue weighted by Crippen LogP contribution is -1.98. The largest absolute Gasteiger partial charge is 0.190 e. The summed E-state index contributed by atoms with van der Waals surface area (Å²) in [5.41, 5.74) is 0. The van der Waals surface area contributed by atoms with Crippen LogP contribution in [0.2, 0.25) is 0 Å². The molecule has 0 heterocycles. The molecule has 0 saturated carbocycles. The Hall–Kier alpha value is -0.0900. The summed E-state index contributed by atoms with van der Waals surface area (Å²) in [6.45, 7) is 4.45. The summed E-state index contributed by atoms with van der Waals surface area (Å²) in [4.78, 5) is 0. The van der Waals surface area contributed by atoms with E-state index in [1.54, 1.807) is 0 Å². The van der Waals surface area contributed by atoms with Crippen LogP contribution in [0.25, 0.3) is 0 Å². The Morgan fingerprint density at radius 3 is 2.56 bits per heavy atom. The first-order valence-corrected chi connectivity index (χ1v) is 5.27. The summed E-state index contributed by atoms with van der Waals surface area (Å²) in [6, 6.07) is 0. The number of rotatable bonds is 3. The first kappa shape index (κ1) is 8.91. The normalized spacial score (nSPS) is 18.2. The molecule has 0 spiro atoms. The molecule has 9 heavy (non-hydrogen) atoms. The van der Waals surface area contributed by atoms with Gasteiger partial charge in [0.15, 0.2) is 0 Å². The van der Waals surface area contributed by atoms with Crippen molar-refractivity contribution in [1.82, 2.24) is 0 Å². The lowest BCUT2D eigenvalue weighted by atomic mass is 10.3. The van der Waals surface area contributed by atoms with E-state index in [0.717, 1.165) is 5.25 Å². The van der Waals surface area contributed by atoms with Crippen LogP contribution in [0.1, 0.15) is 26.7 Å². The van der Waals surface area contributed by atoms with Crippen LogP contribution in [0.4, 0.5) is 0 Å². The fourth-order valence-electron chi connectivity index (χ4n) is 0.739. The molecular weight excluding hydrogens is 128 g/mol. The van der Waals surface area contributed by atoms with Gasteiger partial charge in [0.1, 0.15) is 0 Å². The van der Waals surface area contributed by atoms with Crippen molar-refractivity contribution in [2.45, 2.75) is 31.9 Å². The van der Waals surface area contributed by atoms with E-state index in [1.807, 2.05) is 0 Å². The van der Waals surface area contributed by atoms with E-state index < -0.39 is 0 Å². The molecule has 0 aliphatic heterocycles. The van der Waals surface area contributed by atoms with Gasteiger partial charge in [-0.2, -0.15) is 10.9 Å².